The summed E-state index contributed by atoms with van der Waals surface area (Å²) in [5, 5.41) is 51.8. The lowest BCUT2D eigenvalue weighted by molar-refractivity contribution is -0.130. The van der Waals surface area contributed by atoms with Crippen molar-refractivity contribution in [1.82, 2.24) is 47.9 Å². The Morgan fingerprint density at radius 1 is 0.459 bits per heavy atom. The number of unbranched alkanes of at least 4 members (excludes halogenated alkanes) is 3. The van der Waals surface area contributed by atoms with Gasteiger partial charge >= 0.3 is 0 Å². The quantitative estimate of drug-likeness (QED) is 0.0168. The Kier molecular flexibility index (Phi) is 45.1. The molecule has 0 fully saturated rings. The SMILES string of the molecule is CN[C@@H](CCCCNC(=O)COCCOCCNC(=O)COCCOCCNC(=O)CCCC(=O)NCCCC[C@H](CC(=O)CCCC(=O)CC(CNC(C)(C)/C(C)=N\O)CNC(C)(C)/C(C)=N\O)C(=O)NCCCC[C@H](NC)C(N)=O)C(N)=O. The van der Waals surface area contributed by atoms with Gasteiger partial charge in [0.1, 0.15) is 24.8 Å². The summed E-state index contributed by atoms with van der Waals surface area (Å²) in [5.74, 6) is -3.14. The van der Waals surface area contributed by atoms with Gasteiger partial charge in [-0.15, -0.1) is 0 Å². The Labute approximate surface area is 503 Å². The van der Waals surface area contributed by atoms with Gasteiger partial charge in [0.25, 0.3) is 0 Å². The molecule has 28 nitrogen and oxygen atoms in total. The molecule has 15 N–H and O–H groups in total. The largest absolute Gasteiger partial charge is 0.411 e. The predicted molar refractivity (Wildman–Crippen MR) is 322 cm³/mol. The van der Waals surface area contributed by atoms with Gasteiger partial charge in [0.15, 0.2) is 0 Å². The molecule has 0 aliphatic heterocycles. The van der Waals surface area contributed by atoms with Gasteiger partial charge in [-0.3, -0.25) is 43.2 Å². The second-order valence-corrected chi connectivity index (χ2v) is 22.1. The highest BCUT2D eigenvalue weighted by Crippen LogP contribution is 2.18. The van der Waals surface area contributed by atoms with Crippen molar-refractivity contribution < 1.29 is 72.5 Å². The Bertz CT molecular complexity index is 1990. The predicted octanol–water partition coefficient (Wildman–Crippen LogP) is 0.219. The molecule has 0 aliphatic carbocycles. The fourth-order valence-electron chi connectivity index (χ4n) is 8.25. The van der Waals surface area contributed by atoms with Crippen molar-refractivity contribution in [3.8, 4) is 0 Å². The lowest BCUT2D eigenvalue weighted by atomic mass is 9.92. The first-order valence-electron chi connectivity index (χ1n) is 29.9. The van der Waals surface area contributed by atoms with Crippen molar-refractivity contribution in [2.24, 2.45) is 33.6 Å². The minimum absolute atomic E-state index is 0.00867. The third-order valence-corrected chi connectivity index (χ3v) is 14.3. The maximum Gasteiger partial charge on any atom is 0.246 e. The minimum Gasteiger partial charge on any atom is -0.411 e. The first-order valence-corrected chi connectivity index (χ1v) is 29.9. The van der Waals surface area contributed by atoms with E-state index < -0.39 is 34.9 Å². The zero-order valence-corrected chi connectivity index (χ0v) is 52.2. The lowest BCUT2D eigenvalue weighted by Crippen LogP contribution is -2.52. The second-order valence-electron chi connectivity index (χ2n) is 22.1. The molecule has 0 aromatic rings. The summed E-state index contributed by atoms with van der Waals surface area (Å²) >= 11 is 0. The van der Waals surface area contributed by atoms with Crippen LogP contribution in [0.2, 0.25) is 0 Å². The molecule has 0 radical (unpaired) electrons. The van der Waals surface area contributed by atoms with Crippen LogP contribution in [0.4, 0.5) is 0 Å². The van der Waals surface area contributed by atoms with Crippen molar-refractivity contribution in [1.29, 1.82) is 0 Å². The molecule has 0 unspecified atom stereocenters. The molecular formula is C57H107N13O15. The number of nitrogens with zero attached hydrogens (tertiary/aromatic N) is 2. The number of rotatable bonds is 56. The average molecular weight is 1210 g/mol. The van der Waals surface area contributed by atoms with E-state index in [9.17, 15) is 53.6 Å². The Hall–Kier alpha value is -5.75. The highest BCUT2D eigenvalue weighted by atomic mass is 16.5. The van der Waals surface area contributed by atoms with E-state index in [-0.39, 0.29) is 158 Å². The van der Waals surface area contributed by atoms with Crippen LogP contribution in [0.15, 0.2) is 10.3 Å². The number of hydrogen-bond acceptors (Lipinski definition) is 21. The maximum absolute atomic E-state index is 13.4. The topological polar surface area (TPSA) is 416 Å². The Morgan fingerprint density at radius 3 is 1.27 bits per heavy atom. The number of carbonyl (C=O) groups excluding carboxylic acids is 9. The molecule has 85 heavy (non-hydrogen) atoms. The monoisotopic (exact) mass is 1210 g/mol. The van der Waals surface area contributed by atoms with Gasteiger partial charge in [-0.1, -0.05) is 16.7 Å². The van der Waals surface area contributed by atoms with E-state index in [4.69, 9.17) is 30.4 Å². The summed E-state index contributed by atoms with van der Waals surface area (Å²) in [4.78, 5) is 112. The molecule has 0 rings (SSSR count). The number of Topliss-reactive ketones (excluding diaryl/α,β-unsaturated/α-hetero) is 2. The molecule has 7 amide bonds. The molecule has 3 atom stereocenters. The van der Waals surface area contributed by atoms with Crippen molar-refractivity contribution >= 4 is 64.3 Å². The van der Waals surface area contributed by atoms with Crippen molar-refractivity contribution in [2.75, 3.05) is 113 Å². The average Bonchev–Trinajstić information content (AvgIpc) is 3.67. The summed E-state index contributed by atoms with van der Waals surface area (Å²) in [6, 6.07) is -0.857. The van der Waals surface area contributed by atoms with Crippen LogP contribution in [0.3, 0.4) is 0 Å². The van der Waals surface area contributed by atoms with E-state index >= 15 is 0 Å². The number of ether oxygens (including phenoxy) is 4. The molecule has 0 bridgehead atoms. The number of nitrogens with one attached hydrogen (secondary N) is 9. The van der Waals surface area contributed by atoms with E-state index in [0.29, 0.717) is 108 Å². The molecule has 28 heteroatoms. The molecular weight excluding hydrogens is 1110 g/mol. The van der Waals surface area contributed by atoms with Crippen LogP contribution in [-0.4, -0.2) is 211 Å². The molecule has 0 aliphatic rings. The first-order chi connectivity index (χ1) is 40.4. The van der Waals surface area contributed by atoms with E-state index in [0.717, 1.165) is 6.42 Å². The number of amides is 7. The van der Waals surface area contributed by atoms with Crippen LogP contribution >= 0.6 is 0 Å². The van der Waals surface area contributed by atoms with Crippen LogP contribution in [0.5, 0.6) is 0 Å². The second kappa shape index (κ2) is 48.4. The van der Waals surface area contributed by atoms with Crippen LogP contribution < -0.4 is 59.3 Å². The van der Waals surface area contributed by atoms with Gasteiger partial charge in [0.05, 0.1) is 74.2 Å². The summed E-state index contributed by atoms with van der Waals surface area (Å²) in [6.45, 7) is 14.4. The van der Waals surface area contributed by atoms with Crippen molar-refractivity contribution in [3.63, 3.8) is 0 Å². The zero-order chi connectivity index (χ0) is 63.9. The molecule has 0 aromatic heterocycles. The molecule has 0 saturated carbocycles. The highest BCUT2D eigenvalue weighted by molar-refractivity contribution is 5.91. The fourth-order valence-corrected chi connectivity index (χ4v) is 8.25. The van der Waals surface area contributed by atoms with E-state index in [1.54, 1.807) is 27.9 Å². The number of nitrogens with two attached hydrogens (primary N) is 2. The smallest absolute Gasteiger partial charge is 0.246 e. The van der Waals surface area contributed by atoms with Gasteiger partial charge in [0.2, 0.25) is 41.4 Å². The van der Waals surface area contributed by atoms with Crippen LogP contribution in [-0.2, 0) is 62.1 Å². The third kappa shape index (κ3) is 41.9. The molecule has 0 aromatic carbocycles. The van der Waals surface area contributed by atoms with E-state index in [1.165, 1.54) is 0 Å². The number of hydrogen-bond donors (Lipinski definition) is 13. The summed E-state index contributed by atoms with van der Waals surface area (Å²) < 4.78 is 21.5. The number of oxime groups is 2. The lowest BCUT2D eigenvalue weighted by Gasteiger charge is -2.31. The third-order valence-electron chi connectivity index (χ3n) is 14.3. The van der Waals surface area contributed by atoms with Gasteiger partial charge in [-0.05, 0) is 126 Å². The van der Waals surface area contributed by atoms with E-state index in [2.05, 4.69) is 58.2 Å². The molecule has 0 saturated heterocycles. The van der Waals surface area contributed by atoms with Crippen LogP contribution in [0, 0.1) is 11.8 Å². The first kappa shape index (κ1) is 79.2. The van der Waals surface area contributed by atoms with Gasteiger partial charge < -0.3 is 88.7 Å². The maximum atomic E-state index is 13.4. The fraction of sp³-hybridized carbons (Fsp3) is 0.807. The Morgan fingerprint density at radius 2 is 0.835 bits per heavy atom. The molecule has 490 valence electrons. The zero-order valence-electron chi connectivity index (χ0n) is 52.2. The van der Waals surface area contributed by atoms with Crippen LogP contribution in [0.1, 0.15) is 151 Å². The normalized spacial score (nSPS) is 13.2. The number of carbonyl (C=O) groups is 9. The minimum atomic E-state index is -0.647. The molecule has 0 heterocycles. The number of ketones is 2. The summed E-state index contributed by atoms with van der Waals surface area (Å²) in [6.07, 6.45) is 6.68. The molecule has 0 spiro atoms. The van der Waals surface area contributed by atoms with Gasteiger partial charge in [-0.25, -0.2) is 0 Å². The van der Waals surface area contributed by atoms with Gasteiger partial charge in [-0.2, -0.15) is 0 Å². The van der Waals surface area contributed by atoms with Crippen LogP contribution in [0.25, 0.3) is 0 Å². The Balaban J connectivity index is 4.60. The van der Waals surface area contributed by atoms with E-state index in [1.807, 2.05) is 27.7 Å². The summed E-state index contributed by atoms with van der Waals surface area (Å²) in [7, 11) is 3.33. The highest BCUT2D eigenvalue weighted by Gasteiger charge is 2.28. The van der Waals surface area contributed by atoms with Crippen molar-refractivity contribution in [3.05, 3.63) is 0 Å². The number of primary amides is 2. The number of likely N-dealkylation sites (N-methyl/N-ethyl adjacent to an activating group) is 2. The van der Waals surface area contributed by atoms with Crippen molar-refractivity contribution in [2.45, 2.75) is 174 Å². The summed E-state index contributed by atoms with van der Waals surface area (Å²) in [5.41, 5.74) is 10.4. The van der Waals surface area contributed by atoms with Gasteiger partial charge in [0, 0.05) is 90.3 Å². The standard InChI is InChI=1S/C57H107N13O15/c1-41(69-80)56(3,4)67-37-43(38-68-57(5,6)42(2)70-81)35-45(71)18-15-19-46(72)36-44(55(79)66-26-14-11-21-48(61-8)54(59)78)17-9-12-24-62-49(73)22-16-23-50(74)64-27-29-82-31-34-85-40-52(76)65-28-30-83-32-33-84-39-51(75)63-25-13-10-20-47(60-7)53(58)77/h43-44,47-48,60-61,67-68,80-81H,9-40H2,1-8H3,(H2,58,77)(H2,59,78)(H,62,73)(H,63,75)(H,64,74)(H,65,76)(H,66,79)/b69-41-,70-42-/t44-,47+,48+/m1/s1.